The molecule has 1 aromatic heterocycles. The molecule has 0 unspecified atom stereocenters. The molecule has 88 valence electrons. The first-order chi connectivity index (χ1) is 8.16. The van der Waals surface area contributed by atoms with E-state index < -0.39 is 0 Å². The summed E-state index contributed by atoms with van der Waals surface area (Å²) in [5.74, 6) is 0.132. The van der Waals surface area contributed by atoms with Gasteiger partial charge < -0.3 is 0 Å². The van der Waals surface area contributed by atoms with E-state index in [1.165, 1.54) is 17.8 Å². The molecule has 5 heteroatoms. The highest BCUT2D eigenvalue weighted by molar-refractivity contribution is 7.98. The maximum absolute atomic E-state index is 13.5. The number of hydrogen-bond acceptors (Lipinski definition) is 3. The Morgan fingerprint density at radius 3 is 2.88 bits per heavy atom. The minimum absolute atomic E-state index is 0.294. The van der Waals surface area contributed by atoms with Crippen LogP contribution in [0.25, 0.3) is 0 Å². The summed E-state index contributed by atoms with van der Waals surface area (Å²) in [7, 11) is 0. The van der Waals surface area contributed by atoms with Crippen molar-refractivity contribution in [3.8, 4) is 0 Å². The van der Waals surface area contributed by atoms with Gasteiger partial charge in [-0.15, -0.1) is 0 Å². The van der Waals surface area contributed by atoms with E-state index in [-0.39, 0.29) is 5.82 Å². The molecule has 0 N–H and O–H groups in total. The van der Waals surface area contributed by atoms with Crippen LogP contribution in [-0.4, -0.2) is 9.97 Å². The Morgan fingerprint density at radius 1 is 1.35 bits per heavy atom. The van der Waals surface area contributed by atoms with Gasteiger partial charge in [0.15, 0.2) is 5.16 Å². The fraction of sp³-hybridized carbons (Fsp3) is 0.167. The van der Waals surface area contributed by atoms with Gasteiger partial charge in [0.05, 0.1) is 0 Å². The maximum atomic E-state index is 13.5. The third kappa shape index (κ3) is 3.17. The van der Waals surface area contributed by atoms with E-state index in [0.29, 0.717) is 21.5 Å². The number of nitrogens with zero attached hydrogens (tertiary/aromatic N) is 2. The molecule has 2 nitrogen and oxygen atoms in total. The molecule has 0 fully saturated rings. The first-order valence-electron chi connectivity index (χ1n) is 5.02. The van der Waals surface area contributed by atoms with Crippen LogP contribution in [0.15, 0.2) is 35.6 Å². The largest absolute Gasteiger partial charge is 0.231 e. The van der Waals surface area contributed by atoms with Gasteiger partial charge in [0, 0.05) is 28.2 Å². The minimum Gasteiger partial charge on any atom is -0.231 e. The fourth-order valence-corrected chi connectivity index (χ4v) is 2.52. The number of aromatic nitrogens is 2. The van der Waals surface area contributed by atoms with Crippen molar-refractivity contribution in [2.24, 2.45) is 0 Å². The Bertz CT molecular complexity index is 513. The Labute approximate surface area is 108 Å². The van der Waals surface area contributed by atoms with E-state index in [1.807, 2.05) is 13.0 Å². The van der Waals surface area contributed by atoms with Gasteiger partial charge in [0.2, 0.25) is 0 Å². The quantitative estimate of drug-likeness (QED) is 0.624. The molecule has 2 aromatic rings. The van der Waals surface area contributed by atoms with Crippen molar-refractivity contribution in [3.63, 3.8) is 0 Å². The van der Waals surface area contributed by atoms with Crippen molar-refractivity contribution in [1.29, 1.82) is 0 Å². The zero-order valence-electron chi connectivity index (χ0n) is 9.15. The molecule has 2 rings (SSSR count). The van der Waals surface area contributed by atoms with E-state index in [0.717, 1.165) is 5.69 Å². The zero-order valence-corrected chi connectivity index (χ0v) is 10.7. The second-order valence-corrected chi connectivity index (χ2v) is 4.82. The van der Waals surface area contributed by atoms with Gasteiger partial charge in [-0.2, -0.15) is 0 Å². The summed E-state index contributed by atoms with van der Waals surface area (Å²) in [4.78, 5) is 8.33. The van der Waals surface area contributed by atoms with Crippen LogP contribution in [0.3, 0.4) is 0 Å². The first kappa shape index (κ1) is 12.3. The molecule has 0 aliphatic carbocycles. The molecular formula is C12H10ClFN2S. The zero-order chi connectivity index (χ0) is 12.3. The molecule has 1 aromatic carbocycles. The van der Waals surface area contributed by atoms with Crippen molar-refractivity contribution >= 4 is 23.4 Å². The number of aryl methyl sites for hydroxylation is 1. The molecule has 0 saturated carbocycles. The van der Waals surface area contributed by atoms with E-state index in [2.05, 4.69) is 9.97 Å². The van der Waals surface area contributed by atoms with Gasteiger partial charge >= 0.3 is 0 Å². The number of rotatable bonds is 3. The lowest BCUT2D eigenvalue weighted by molar-refractivity contribution is 0.617. The van der Waals surface area contributed by atoms with Crippen LogP contribution in [0.2, 0.25) is 5.02 Å². The average molecular weight is 269 g/mol. The van der Waals surface area contributed by atoms with Crippen molar-refractivity contribution in [2.45, 2.75) is 17.8 Å². The van der Waals surface area contributed by atoms with Crippen LogP contribution in [0.5, 0.6) is 0 Å². The monoisotopic (exact) mass is 268 g/mol. The summed E-state index contributed by atoms with van der Waals surface area (Å²) in [6, 6.07) is 6.49. The lowest BCUT2D eigenvalue weighted by Crippen LogP contribution is -1.92. The molecule has 0 aliphatic rings. The Kier molecular flexibility index (Phi) is 3.97. The lowest BCUT2D eigenvalue weighted by atomic mass is 10.2. The second-order valence-electron chi connectivity index (χ2n) is 3.47. The Balaban J connectivity index is 2.13. The standard InChI is InChI=1S/C12H10ClFN2S/c1-8-5-6-15-12(16-8)17-7-9-10(13)3-2-4-11(9)14/h2-6H,7H2,1H3. The minimum atomic E-state index is -0.294. The molecule has 1 heterocycles. The van der Waals surface area contributed by atoms with Crippen molar-refractivity contribution < 1.29 is 4.39 Å². The topological polar surface area (TPSA) is 25.8 Å². The van der Waals surface area contributed by atoms with Gasteiger partial charge in [0.25, 0.3) is 0 Å². The summed E-state index contributed by atoms with van der Waals surface area (Å²) < 4.78 is 13.5. The second kappa shape index (κ2) is 5.47. The Morgan fingerprint density at radius 2 is 2.18 bits per heavy atom. The predicted molar refractivity (Wildman–Crippen MR) is 67.7 cm³/mol. The van der Waals surface area contributed by atoms with Gasteiger partial charge in [-0.25, -0.2) is 14.4 Å². The molecule has 0 radical (unpaired) electrons. The van der Waals surface area contributed by atoms with Crippen molar-refractivity contribution in [1.82, 2.24) is 9.97 Å². The van der Waals surface area contributed by atoms with Gasteiger partial charge in [-0.3, -0.25) is 0 Å². The van der Waals surface area contributed by atoms with E-state index in [4.69, 9.17) is 11.6 Å². The summed E-state index contributed by atoms with van der Waals surface area (Å²) >= 11 is 7.30. The predicted octanol–water partition coefficient (Wildman–Crippen LogP) is 3.87. The SMILES string of the molecule is Cc1ccnc(SCc2c(F)cccc2Cl)n1. The third-order valence-corrected chi connectivity index (χ3v) is 3.42. The van der Waals surface area contributed by atoms with Gasteiger partial charge in [0.1, 0.15) is 5.82 Å². The highest BCUT2D eigenvalue weighted by Crippen LogP contribution is 2.26. The van der Waals surface area contributed by atoms with Crippen molar-refractivity contribution in [3.05, 3.63) is 52.6 Å². The molecule has 0 aliphatic heterocycles. The molecule has 0 atom stereocenters. The van der Waals surface area contributed by atoms with Crippen LogP contribution in [0.1, 0.15) is 11.3 Å². The van der Waals surface area contributed by atoms with Crippen molar-refractivity contribution in [2.75, 3.05) is 0 Å². The third-order valence-electron chi connectivity index (χ3n) is 2.18. The number of hydrogen-bond donors (Lipinski definition) is 0. The molecule has 0 saturated heterocycles. The fourth-order valence-electron chi connectivity index (χ4n) is 1.30. The summed E-state index contributed by atoms with van der Waals surface area (Å²) in [5.41, 5.74) is 1.38. The summed E-state index contributed by atoms with van der Waals surface area (Å²) in [6.45, 7) is 1.89. The number of halogens is 2. The van der Waals surface area contributed by atoms with Crippen LogP contribution in [0.4, 0.5) is 4.39 Å². The van der Waals surface area contributed by atoms with Gasteiger partial charge in [-0.05, 0) is 25.1 Å². The first-order valence-corrected chi connectivity index (χ1v) is 6.38. The van der Waals surface area contributed by atoms with Crippen LogP contribution in [0, 0.1) is 12.7 Å². The highest BCUT2D eigenvalue weighted by Gasteiger charge is 2.08. The number of benzene rings is 1. The normalized spacial score (nSPS) is 10.5. The highest BCUT2D eigenvalue weighted by atomic mass is 35.5. The van der Waals surface area contributed by atoms with Gasteiger partial charge in [-0.1, -0.05) is 29.4 Å². The molecule has 0 amide bonds. The van der Waals surface area contributed by atoms with Crippen LogP contribution in [-0.2, 0) is 5.75 Å². The van der Waals surface area contributed by atoms with Crippen LogP contribution >= 0.6 is 23.4 Å². The number of thioether (sulfide) groups is 1. The maximum Gasteiger partial charge on any atom is 0.188 e. The lowest BCUT2D eigenvalue weighted by Gasteiger charge is -2.04. The molecule has 0 bridgehead atoms. The van der Waals surface area contributed by atoms with E-state index >= 15 is 0 Å². The average Bonchev–Trinajstić information content (AvgIpc) is 2.28. The van der Waals surface area contributed by atoms with E-state index in [9.17, 15) is 4.39 Å². The Hall–Kier alpha value is -1.13. The summed E-state index contributed by atoms with van der Waals surface area (Å²) in [6.07, 6.45) is 1.69. The summed E-state index contributed by atoms with van der Waals surface area (Å²) in [5, 5.41) is 1.06. The molecule has 17 heavy (non-hydrogen) atoms. The molecule has 0 spiro atoms. The van der Waals surface area contributed by atoms with E-state index in [1.54, 1.807) is 18.3 Å². The smallest absolute Gasteiger partial charge is 0.188 e. The molecular weight excluding hydrogens is 259 g/mol. The van der Waals surface area contributed by atoms with Crippen LogP contribution < -0.4 is 0 Å².